The molecule has 138 valence electrons. The van der Waals surface area contributed by atoms with Gasteiger partial charge in [-0.05, 0) is 30.7 Å². The van der Waals surface area contributed by atoms with Crippen molar-refractivity contribution in [2.24, 2.45) is 5.92 Å². The van der Waals surface area contributed by atoms with Crippen LogP contribution in [0.3, 0.4) is 0 Å². The second-order valence-electron chi connectivity index (χ2n) is 6.16. The Morgan fingerprint density at radius 2 is 2.08 bits per heavy atom. The van der Waals surface area contributed by atoms with Crippen LogP contribution in [0, 0.1) is 5.92 Å². The number of nitrogens with one attached hydrogen (secondary N) is 2. The zero-order valence-corrected chi connectivity index (χ0v) is 15.6. The summed E-state index contributed by atoms with van der Waals surface area (Å²) >= 11 is 1.13. The fourth-order valence-corrected chi connectivity index (χ4v) is 3.10. The number of pyridine rings is 2. The van der Waals surface area contributed by atoms with Gasteiger partial charge in [-0.25, -0.2) is 4.79 Å². The van der Waals surface area contributed by atoms with Gasteiger partial charge >= 0.3 is 5.97 Å². The lowest BCUT2D eigenvalue weighted by atomic mass is 10.0. The van der Waals surface area contributed by atoms with Crippen LogP contribution in [0.2, 0.25) is 0 Å². The predicted molar refractivity (Wildman–Crippen MR) is 100 cm³/mol. The van der Waals surface area contributed by atoms with Crippen LogP contribution in [-0.2, 0) is 4.79 Å². The third kappa shape index (κ3) is 4.72. The Balaban J connectivity index is 2.43. The zero-order chi connectivity index (χ0) is 19.3. The molecule has 0 radical (unpaired) electrons. The maximum atomic E-state index is 12.7. The highest BCUT2D eigenvalue weighted by Gasteiger charge is 2.24. The van der Waals surface area contributed by atoms with Crippen molar-refractivity contribution in [3.8, 4) is 11.4 Å². The fourth-order valence-electron chi connectivity index (χ4n) is 2.49. The molecule has 2 rings (SSSR count). The van der Waals surface area contributed by atoms with E-state index in [0.717, 1.165) is 11.8 Å². The van der Waals surface area contributed by atoms with Crippen molar-refractivity contribution in [3.63, 3.8) is 0 Å². The van der Waals surface area contributed by atoms with Crippen molar-refractivity contribution >= 4 is 23.6 Å². The first-order valence-electron chi connectivity index (χ1n) is 8.09. The molecule has 2 heterocycles. The fraction of sp³-hybridized carbons (Fsp3) is 0.333. The summed E-state index contributed by atoms with van der Waals surface area (Å²) < 4.78 is 0. The molecule has 1 unspecified atom stereocenters. The molecule has 0 fully saturated rings. The van der Waals surface area contributed by atoms with Crippen molar-refractivity contribution in [1.29, 1.82) is 0 Å². The highest BCUT2D eigenvalue weighted by atomic mass is 32.2. The number of carbonyl (C=O) groups is 2. The summed E-state index contributed by atoms with van der Waals surface area (Å²) in [4.78, 5) is 43.8. The summed E-state index contributed by atoms with van der Waals surface area (Å²) in [6.45, 7) is 3.75. The minimum atomic E-state index is -1.11. The van der Waals surface area contributed by atoms with Gasteiger partial charge in [0.2, 0.25) is 0 Å². The van der Waals surface area contributed by atoms with Crippen LogP contribution in [0.4, 0.5) is 0 Å². The van der Waals surface area contributed by atoms with Crippen LogP contribution in [0.15, 0.2) is 40.2 Å². The number of hydrogen-bond acceptors (Lipinski definition) is 5. The van der Waals surface area contributed by atoms with Crippen molar-refractivity contribution in [1.82, 2.24) is 15.3 Å². The SMILES string of the molecule is CSc1c(C(=O)NC(CC(C)C)C(=O)O)[nH]c(-c2ccccn2)cc1=O. The van der Waals surface area contributed by atoms with Crippen LogP contribution < -0.4 is 10.7 Å². The van der Waals surface area contributed by atoms with Crippen LogP contribution in [0.25, 0.3) is 11.4 Å². The van der Waals surface area contributed by atoms with Crippen molar-refractivity contribution < 1.29 is 14.7 Å². The molecule has 26 heavy (non-hydrogen) atoms. The maximum Gasteiger partial charge on any atom is 0.326 e. The standard InChI is InChI=1S/C18H21N3O4S/c1-10(2)8-13(18(24)25)21-17(23)15-16(26-3)14(22)9-12(20-15)11-6-4-5-7-19-11/h4-7,9-10,13H,8H2,1-3H3,(H,20,22)(H,21,23)(H,24,25). The van der Waals surface area contributed by atoms with Crippen molar-refractivity contribution in [3.05, 3.63) is 46.4 Å². The van der Waals surface area contributed by atoms with Crippen molar-refractivity contribution in [2.75, 3.05) is 6.26 Å². The summed E-state index contributed by atoms with van der Waals surface area (Å²) in [5.41, 5.74) is 0.635. The Labute approximate surface area is 155 Å². The molecule has 8 heteroatoms. The molecule has 2 aromatic heterocycles. The van der Waals surface area contributed by atoms with Crippen LogP contribution in [0.5, 0.6) is 0 Å². The van der Waals surface area contributed by atoms with E-state index in [2.05, 4.69) is 15.3 Å². The highest BCUT2D eigenvalue weighted by molar-refractivity contribution is 7.98. The Morgan fingerprint density at radius 3 is 2.62 bits per heavy atom. The van der Waals surface area contributed by atoms with Gasteiger partial charge < -0.3 is 15.4 Å². The summed E-state index contributed by atoms with van der Waals surface area (Å²) in [6.07, 6.45) is 3.56. The lowest BCUT2D eigenvalue weighted by Gasteiger charge is -2.17. The molecule has 0 aliphatic carbocycles. The Hall–Kier alpha value is -2.61. The second-order valence-corrected chi connectivity index (χ2v) is 6.98. The molecule has 3 N–H and O–H groups in total. The Morgan fingerprint density at radius 1 is 1.35 bits per heavy atom. The number of carboxylic acid groups (broad SMARTS) is 1. The van der Waals surface area contributed by atoms with Crippen LogP contribution in [0.1, 0.15) is 30.8 Å². The molecule has 0 bridgehead atoms. The lowest BCUT2D eigenvalue weighted by molar-refractivity contribution is -0.139. The number of nitrogens with zero attached hydrogens (tertiary/aromatic N) is 1. The van der Waals surface area contributed by atoms with E-state index >= 15 is 0 Å². The maximum absolute atomic E-state index is 12.7. The molecule has 7 nitrogen and oxygen atoms in total. The number of H-pyrrole nitrogens is 1. The number of carboxylic acids is 1. The number of hydrogen-bond donors (Lipinski definition) is 3. The van der Waals surface area contributed by atoms with E-state index in [1.54, 1.807) is 30.7 Å². The van der Waals surface area contributed by atoms with E-state index in [-0.39, 0.29) is 21.9 Å². The monoisotopic (exact) mass is 375 g/mol. The predicted octanol–water partition coefficient (Wildman–Crippen LogP) is 2.39. The summed E-state index contributed by atoms with van der Waals surface area (Å²) in [7, 11) is 0. The largest absolute Gasteiger partial charge is 0.480 e. The first-order valence-corrected chi connectivity index (χ1v) is 9.32. The van der Waals surface area contributed by atoms with E-state index < -0.39 is 17.9 Å². The molecule has 0 aromatic carbocycles. The topological polar surface area (TPSA) is 112 Å². The first kappa shape index (κ1) is 19.7. The molecule has 1 amide bonds. The summed E-state index contributed by atoms with van der Waals surface area (Å²) in [5, 5.41) is 11.8. The molecular weight excluding hydrogens is 354 g/mol. The molecule has 0 spiro atoms. The average Bonchev–Trinajstić information content (AvgIpc) is 2.60. The van der Waals surface area contributed by atoms with Gasteiger partial charge in [0, 0.05) is 12.3 Å². The van der Waals surface area contributed by atoms with E-state index in [4.69, 9.17) is 0 Å². The number of aliphatic carboxylic acids is 1. The number of carbonyl (C=O) groups excluding carboxylic acids is 1. The Bertz CT molecular complexity index is 849. The summed E-state index contributed by atoms with van der Waals surface area (Å²) in [5.74, 6) is -1.64. The number of aromatic nitrogens is 2. The number of aromatic amines is 1. The molecule has 0 saturated carbocycles. The molecule has 0 aliphatic heterocycles. The first-order chi connectivity index (χ1) is 12.3. The normalized spacial score (nSPS) is 12.0. The third-order valence-corrected chi connectivity index (χ3v) is 4.48. The number of amides is 1. The van der Waals surface area contributed by atoms with Gasteiger partial charge in [0.15, 0.2) is 5.43 Å². The number of thioether (sulfide) groups is 1. The molecule has 0 aliphatic rings. The molecule has 0 saturated heterocycles. The van der Waals surface area contributed by atoms with Gasteiger partial charge in [0.25, 0.3) is 5.91 Å². The second kappa shape index (κ2) is 8.66. The van der Waals surface area contributed by atoms with Gasteiger partial charge in [-0.1, -0.05) is 19.9 Å². The van der Waals surface area contributed by atoms with E-state index in [1.807, 2.05) is 13.8 Å². The van der Waals surface area contributed by atoms with Gasteiger partial charge in [-0.15, -0.1) is 11.8 Å². The Kier molecular flexibility index (Phi) is 6.57. The van der Waals surface area contributed by atoms with Gasteiger partial charge in [0.05, 0.1) is 16.3 Å². The van der Waals surface area contributed by atoms with Crippen LogP contribution >= 0.6 is 11.8 Å². The smallest absolute Gasteiger partial charge is 0.326 e. The van der Waals surface area contributed by atoms with E-state index in [9.17, 15) is 19.5 Å². The van der Waals surface area contributed by atoms with Crippen molar-refractivity contribution in [2.45, 2.75) is 31.2 Å². The van der Waals surface area contributed by atoms with E-state index in [1.165, 1.54) is 6.07 Å². The highest BCUT2D eigenvalue weighted by Crippen LogP contribution is 2.19. The van der Waals surface area contributed by atoms with Crippen LogP contribution in [-0.4, -0.2) is 39.2 Å². The van der Waals surface area contributed by atoms with E-state index in [0.29, 0.717) is 17.8 Å². The molecule has 1 atom stereocenters. The van der Waals surface area contributed by atoms with Gasteiger partial charge in [-0.2, -0.15) is 0 Å². The summed E-state index contributed by atoms with van der Waals surface area (Å²) in [6, 6.07) is 5.58. The zero-order valence-electron chi connectivity index (χ0n) is 14.8. The quantitative estimate of drug-likeness (QED) is 0.641. The van der Waals surface area contributed by atoms with Gasteiger partial charge in [-0.3, -0.25) is 14.6 Å². The van der Waals surface area contributed by atoms with Gasteiger partial charge in [0.1, 0.15) is 11.7 Å². The minimum Gasteiger partial charge on any atom is -0.480 e. The minimum absolute atomic E-state index is 0.0423. The molecular formula is C18H21N3O4S. The third-order valence-electron chi connectivity index (χ3n) is 3.67. The number of rotatable bonds is 7. The molecule has 2 aromatic rings. The average molecular weight is 375 g/mol. The lowest BCUT2D eigenvalue weighted by Crippen LogP contribution is -2.42.